The second kappa shape index (κ2) is 8.89. The number of nitrogens with zero attached hydrogens (tertiary/aromatic N) is 1. The van der Waals surface area contributed by atoms with Crippen LogP contribution in [0.15, 0.2) is 33.8 Å². The fourth-order valence-electron chi connectivity index (χ4n) is 3.64. The average molecular weight is 443 g/mol. The SMILES string of the molecule is CCOC(=O)c1ccc(NC(=O)c2oc3c(c2C)/C(=N\NC(N)=S)CC(C)(C)C3)cc1. The second-order valence-electron chi connectivity index (χ2n) is 8.16. The highest BCUT2D eigenvalue weighted by Crippen LogP contribution is 2.39. The van der Waals surface area contributed by atoms with E-state index in [1.54, 1.807) is 31.2 Å². The highest BCUT2D eigenvalue weighted by atomic mass is 32.1. The quantitative estimate of drug-likeness (QED) is 0.368. The lowest BCUT2D eigenvalue weighted by Gasteiger charge is -2.29. The largest absolute Gasteiger partial charge is 0.462 e. The van der Waals surface area contributed by atoms with Crippen LogP contribution >= 0.6 is 12.2 Å². The van der Waals surface area contributed by atoms with Gasteiger partial charge < -0.3 is 20.2 Å². The first-order valence-electron chi connectivity index (χ1n) is 9.94. The number of fused-ring (bicyclic) bond motifs is 1. The first-order valence-corrected chi connectivity index (χ1v) is 10.4. The second-order valence-corrected chi connectivity index (χ2v) is 8.60. The Hall–Kier alpha value is -3.20. The number of nitrogens with one attached hydrogen (secondary N) is 2. The van der Waals surface area contributed by atoms with Crippen molar-refractivity contribution >= 4 is 40.6 Å². The summed E-state index contributed by atoms with van der Waals surface area (Å²) in [4.78, 5) is 24.7. The summed E-state index contributed by atoms with van der Waals surface area (Å²) in [7, 11) is 0. The highest BCUT2D eigenvalue weighted by Gasteiger charge is 2.36. The van der Waals surface area contributed by atoms with Crippen molar-refractivity contribution in [2.75, 3.05) is 11.9 Å². The van der Waals surface area contributed by atoms with Crippen molar-refractivity contribution in [2.45, 2.75) is 40.5 Å². The molecule has 0 radical (unpaired) electrons. The van der Waals surface area contributed by atoms with E-state index in [0.717, 1.165) is 11.3 Å². The van der Waals surface area contributed by atoms with E-state index >= 15 is 0 Å². The summed E-state index contributed by atoms with van der Waals surface area (Å²) in [5.74, 6) is 0.144. The number of anilines is 1. The predicted molar refractivity (Wildman–Crippen MR) is 122 cm³/mol. The van der Waals surface area contributed by atoms with Crippen molar-refractivity contribution in [3.8, 4) is 0 Å². The molecule has 1 aliphatic carbocycles. The molecule has 31 heavy (non-hydrogen) atoms. The number of esters is 1. The molecule has 2 aromatic rings. The number of thiocarbonyl (C=S) groups is 1. The third-order valence-corrected chi connectivity index (χ3v) is 5.05. The van der Waals surface area contributed by atoms with Crippen LogP contribution < -0.4 is 16.5 Å². The fraction of sp³-hybridized carbons (Fsp3) is 0.364. The number of amides is 1. The van der Waals surface area contributed by atoms with Gasteiger partial charge in [0.05, 0.1) is 17.9 Å². The smallest absolute Gasteiger partial charge is 0.338 e. The van der Waals surface area contributed by atoms with Gasteiger partial charge in [-0.1, -0.05) is 13.8 Å². The Morgan fingerprint density at radius 2 is 1.94 bits per heavy atom. The topological polar surface area (TPSA) is 119 Å². The molecule has 1 aliphatic rings. The Bertz CT molecular complexity index is 1050. The first kappa shape index (κ1) is 22.5. The fourth-order valence-corrected chi connectivity index (χ4v) is 3.69. The molecule has 3 rings (SSSR count). The maximum atomic E-state index is 12.9. The molecule has 4 N–H and O–H groups in total. The molecule has 1 heterocycles. The molecule has 0 fully saturated rings. The van der Waals surface area contributed by atoms with E-state index in [2.05, 4.69) is 29.7 Å². The normalized spacial score (nSPS) is 15.8. The van der Waals surface area contributed by atoms with Crippen LogP contribution in [0.25, 0.3) is 0 Å². The van der Waals surface area contributed by atoms with E-state index in [1.807, 2.05) is 6.92 Å². The zero-order valence-corrected chi connectivity index (χ0v) is 18.8. The zero-order valence-electron chi connectivity index (χ0n) is 18.0. The maximum absolute atomic E-state index is 12.9. The summed E-state index contributed by atoms with van der Waals surface area (Å²) in [5, 5.41) is 7.23. The van der Waals surface area contributed by atoms with Crippen LogP contribution in [0, 0.1) is 12.3 Å². The predicted octanol–water partition coefficient (Wildman–Crippen LogP) is 3.53. The molecule has 1 aromatic carbocycles. The molecule has 0 saturated carbocycles. The van der Waals surface area contributed by atoms with Crippen molar-refractivity contribution in [3.05, 3.63) is 52.5 Å². The summed E-state index contributed by atoms with van der Waals surface area (Å²) in [5.41, 5.74) is 11.3. The minimum absolute atomic E-state index is 0.0720. The van der Waals surface area contributed by atoms with Crippen molar-refractivity contribution < 1.29 is 18.7 Å². The van der Waals surface area contributed by atoms with Crippen LogP contribution in [0.4, 0.5) is 5.69 Å². The molecule has 1 amide bonds. The minimum atomic E-state index is -0.407. The summed E-state index contributed by atoms with van der Waals surface area (Å²) in [6.07, 6.45) is 1.36. The van der Waals surface area contributed by atoms with Gasteiger partial charge in [0.2, 0.25) is 0 Å². The Kier molecular flexibility index (Phi) is 6.45. The van der Waals surface area contributed by atoms with E-state index in [4.69, 9.17) is 27.1 Å². The summed E-state index contributed by atoms with van der Waals surface area (Å²) < 4.78 is 10.9. The van der Waals surface area contributed by atoms with Gasteiger partial charge in [0.15, 0.2) is 10.9 Å². The van der Waals surface area contributed by atoms with Crippen molar-refractivity contribution in [1.82, 2.24) is 5.43 Å². The molecule has 0 aliphatic heterocycles. The number of benzene rings is 1. The van der Waals surface area contributed by atoms with Gasteiger partial charge in [0.1, 0.15) is 5.76 Å². The van der Waals surface area contributed by atoms with E-state index in [1.165, 1.54) is 0 Å². The van der Waals surface area contributed by atoms with Gasteiger partial charge in [0.25, 0.3) is 5.91 Å². The molecule has 164 valence electrons. The molecule has 8 nitrogen and oxygen atoms in total. The molecule has 0 unspecified atom stereocenters. The van der Waals surface area contributed by atoms with Crippen LogP contribution in [0.1, 0.15) is 65.0 Å². The summed E-state index contributed by atoms with van der Waals surface area (Å²) in [6, 6.07) is 6.49. The molecule has 9 heteroatoms. The number of nitrogens with two attached hydrogens (primary N) is 1. The summed E-state index contributed by atoms with van der Waals surface area (Å²) >= 11 is 4.86. The van der Waals surface area contributed by atoms with E-state index in [-0.39, 0.29) is 22.2 Å². The third-order valence-electron chi connectivity index (χ3n) is 4.95. The monoisotopic (exact) mass is 442 g/mol. The number of hydrazone groups is 1. The number of hydrogen-bond donors (Lipinski definition) is 3. The van der Waals surface area contributed by atoms with Gasteiger partial charge in [-0.3, -0.25) is 10.2 Å². The van der Waals surface area contributed by atoms with Crippen molar-refractivity contribution in [2.24, 2.45) is 16.3 Å². The molecule has 0 bridgehead atoms. The van der Waals surface area contributed by atoms with Crippen LogP contribution in [0.5, 0.6) is 0 Å². The number of rotatable bonds is 5. The van der Waals surface area contributed by atoms with Crippen molar-refractivity contribution in [3.63, 3.8) is 0 Å². The lowest BCUT2D eigenvalue weighted by atomic mass is 9.75. The van der Waals surface area contributed by atoms with Crippen LogP contribution in [0.3, 0.4) is 0 Å². The standard InChI is InChI=1S/C22H26N4O4S/c1-5-29-20(28)13-6-8-14(9-7-13)24-19(27)18-12(2)17-15(25-26-21(23)31)10-22(3,4)11-16(17)30-18/h6-9H,5,10-11H2,1-4H3,(H,24,27)(H3,23,26,31)/b25-15-. The maximum Gasteiger partial charge on any atom is 0.338 e. The van der Waals surface area contributed by atoms with Gasteiger partial charge in [-0.15, -0.1) is 0 Å². The average Bonchev–Trinajstić information content (AvgIpc) is 3.02. The van der Waals surface area contributed by atoms with Crippen molar-refractivity contribution in [1.29, 1.82) is 0 Å². The van der Waals surface area contributed by atoms with E-state index in [0.29, 0.717) is 42.0 Å². The van der Waals surface area contributed by atoms with Crippen LogP contribution in [-0.2, 0) is 11.2 Å². The molecular weight excluding hydrogens is 416 g/mol. The Morgan fingerprint density at radius 1 is 1.26 bits per heavy atom. The van der Waals surface area contributed by atoms with Gasteiger partial charge in [-0.05, 0) is 62.2 Å². The minimum Gasteiger partial charge on any atom is -0.462 e. The number of carbonyl (C=O) groups is 2. The molecular formula is C22H26N4O4S. The molecule has 0 spiro atoms. The van der Waals surface area contributed by atoms with Gasteiger partial charge in [0, 0.05) is 23.2 Å². The zero-order chi connectivity index (χ0) is 22.8. The van der Waals surface area contributed by atoms with Gasteiger partial charge in [-0.2, -0.15) is 5.10 Å². The van der Waals surface area contributed by atoms with Gasteiger partial charge in [-0.25, -0.2) is 4.79 Å². The Balaban J connectivity index is 1.86. The highest BCUT2D eigenvalue weighted by molar-refractivity contribution is 7.80. The number of carbonyl (C=O) groups excluding carboxylic acids is 2. The lowest BCUT2D eigenvalue weighted by molar-refractivity contribution is 0.0526. The van der Waals surface area contributed by atoms with Crippen LogP contribution in [-0.4, -0.2) is 29.3 Å². The van der Waals surface area contributed by atoms with Gasteiger partial charge >= 0.3 is 5.97 Å². The summed E-state index contributed by atoms with van der Waals surface area (Å²) in [6.45, 7) is 8.09. The van der Waals surface area contributed by atoms with Crippen LogP contribution in [0.2, 0.25) is 0 Å². The number of ether oxygens (including phenoxy) is 1. The lowest BCUT2D eigenvalue weighted by Crippen LogP contribution is -2.31. The molecule has 1 aromatic heterocycles. The first-order chi connectivity index (χ1) is 14.6. The van der Waals surface area contributed by atoms with E-state index in [9.17, 15) is 9.59 Å². The number of furan rings is 1. The number of hydrogen-bond acceptors (Lipinski definition) is 6. The van der Waals surface area contributed by atoms with E-state index < -0.39 is 5.97 Å². The third kappa shape index (κ3) is 5.11. The Labute approximate surface area is 186 Å². The molecule has 0 saturated heterocycles. The Morgan fingerprint density at radius 3 is 2.55 bits per heavy atom. The molecule has 0 atom stereocenters.